The molecule has 0 radical (unpaired) electrons. The van der Waals surface area contributed by atoms with Crippen molar-refractivity contribution < 1.29 is 0 Å². The van der Waals surface area contributed by atoms with Gasteiger partial charge in [0.1, 0.15) is 0 Å². The van der Waals surface area contributed by atoms with Gasteiger partial charge in [-0.2, -0.15) is 0 Å². The van der Waals surface area contributed by atoms with Crippen molar-refractivity contribution in [1.82, 2.24) is 0 Å². The van der Waals surface area contributed by atoms with Crippen molar-refractivity contribution in [1.29, 1.82) is 0 Å². The van der Waals surface area contributed by atoms with E-state index in [0.29, 0.717) is 48.7 Å². The SMILES string of the molecule is CC1CCC2CC1(C1CC3CC(C45CC(CCC4C)C5(C)C)(C3(C)C)C1(C)C13CC(CCC1C)C3(C)C)C2(C)C. The predicted molar refractivity (Wildman–Crippen MR) is 169 cm³/mol. The molecule has 0 amide bonds. The Morgan fingerprint density at radius 3 is 1.32 bits per heavy atom. The molecular formula is C40H66. The van der Waals surface area contributed by atoms with Crippen molar-refractivity contribution in [3.63, 3.8) is 0 Å². The summed E-state index contributed by atoms with van der Waals surface area (Å²) in [5, 5.41) is 0. The topological polar surface area (TPSA) is 0 Å². The van der Waals surface area contributed by atoms with Crippen LogP contribution >= 0.6 is 0 Å². The molecule has 0 nitrogen and oxygen atoms in total. The van der Waals surface area contributed by atoms with Crippen LogP contribution in [0.5, 0.6) is 0 Å². The summed E-state index contributed by atoms with van der Waals surface area (Å²) in [4.78, 5) is 0. The number of rotatable bonds is 3. The molecule has 12 aliphatic rings. The van der Waals surface area contributed by atoms with E-state index >= 15 is 0 Å². The van der Waals surface area contributed by atoms with E-state index in [4.69, 9.17) is 0 Å². The summed E-state index contributed by atoms with van der Waals surface area (Å²) in [5.41, 5.74) is 4.41. The molecule has 226 valence electrons. The molecule has 0 aromatic carbocycles. The second-order valence-electron chi connectivity index (χ2n) is 20.8. The van der Waals surface area contributed by atoms with E-state index in [9.17, 15) is 0 Å². The highest BCUT2D eigenvalue weighted by Crippen LogP contribution is 2.98. The third-order valence-corrected chi connectivity index (χ3v) is 20.8. The lowest BCUT2D eigenvalue weighted by molar-refractivity contribution is -0.474. The van der Waals surface area contributed by atoms with Crippen LogP contribution < -0.4 is 0 Å². The van der Waals surface area contributed by atoms with Crippen LogP contribution in [0, 0.1) is 96.1 Å². The Morgan fingerprint density at radius 1 is 0.425 bits per heavy atom. The molecule has 0 aromatic rings. The summed E-state index contributed by atoms with van der Waals surface area (Å²) in [5.74, 6) is 7.41. The summed E-state index contributed by atoms with van der Waals surface area (Å²) >= 11 is 0. The molecule has 0 heteroatoms. The first-order valence-corrected chi connectivity index (χ1v) is 18.4. The Kier molecular flexibility index (Phi) is 4.90. The molecule has 13 atom stereocenters. The van der Waals surface area contributed by atoms with Crippen LogP contribution in [0.2, 0.25) is 0 Å². The van der Waals surface area contributed by atoms with Gasteiger partial charge in [0.25, 0.3) is 0 Å². The summed E-state index contributed by atoms with van der Waals surface area (Å²) in [7, 11) is 0. The number of fused-ring (bicyclic) bond motifs is 8. The van der Waals surface area contributed by atoms with Gasteiger partial charge in [-0.15, -0.1) is 0 Å². The van der Waals surface area contributed by atoms with Gasteiger partial charge in [0.05, 0.1) is 0 Å². The van der Waals surface area contributed by atoms with Crippen LogP contribution in [-0.2, 0) is 0 Å². The molecule has 0 aliphatic heterocycles. The summed E-state index contributed by atoms with van der Waals surface area (Å²) in [6, 6.07) is 0. The van der Waals surface area contributed by atoms with Crippen LogP contribution in [0.4, 0.5) is 0 Å². The number of hydrogen-bond donors (Lipinski definition) is 0. The Labute approximate surface area is 249 Å². The molecule has 12 rings (SSSR count). The average molecular weight is 547 g/mol. The Morgan fingerprint density at radius 2 is 0.900 bits per heavy atom. The van der Waals surface area contributed by atoms with E-state index in [1.807, 2.05) is 0 Å². The van der Waals surface area contributed by atoms with Crippen LogP contribution in [-0.4, -0.2) is 0 Å². The molecule has 0 spiro atoms. The van der Waals surface area contributed by atoms with Gasteiger partial charge >= 0.3 is 0 Å². The van der Waals surface area contributed by atoms with E-state index in [1.165, 1.54) is 38.5 Å². The van der Waals surface area contributed by atoms with Gasteiger partial charge in [-0.1, -0.05) is 83.1 Å². The lowest BCUT2D eigenvalue weighted by Gasteiger charge is -2.95. The van der Waals surface area contributed by atoms with Gasteiger partial charge in [0.2, 0.25) is 0 Å². The third kappa shape index (κ3) is 2.14. The Hall–Kier alpha value is 0. The molecule has 0 aromatic heterocycles. The molecule has 0 heterocycles. The van der Waals surface area contributed by atoms with Gasteiger partial charge in [0, 0.05) is 0 Å². The molecular weight excluding hydrogens is 480 g/mol. The fourth-order valence-corrected chi connectivity index (χ4v) is 18.7. The first-order valence-electron chi connectivity index (χ1n) is 18.4. The first kappa shape index (κ1) is 27.5. The fourth-order valence-electron chi connectivity index (χ4n) is 18.7. The van der Waals surface area contributed by atoms with Crippen LogP contribution in [0.1, 0.15) is 154 Å². The van der Waals surface area contributed by atoms with E-state index in [2.05, 4.69) is 83.1 Å². The minimum Gasteiger partial charge on any atom is -0.0619 e. The lowest BCUT2D eigenvalue weighted by atomic mass is 9.09. The summed E-state index contributed by atoms with van der Waals surface area (Å²) in [6.07, 6.45) is 16.8. The Bertz CT molecular complexity index is 1130. The van der Waals surface area contributed by atoms with E-state index in [-0.39, 0.29) is 0 Å². The van der Waals surface area contributed by atoms with E-state index < -0.39 is 0 Å². The van der Waals surface area contributed by atoms with Gasteiger partial charge < -0.3 is 0 Å². The normalized spacial score (nSPS) is 62.7. The Balaban J connectivity index is 1.44. The maximum Gasteiger partial charge on any atom is -0.0114 e. The molecule has 40 heavy (non-hydrogen) atoms. The van der Waals surface area contributed by atoms with Crippen molar-refractivity contribution in [3.05, 3.63) is 0 Å². The molecule has 12 fully saturated rings. The highest BCUT2D eigenvalue weighted by Gasteiger charge is 2.92. The highest BCUT2D eigenvalue weighted by atomic mass is 15.0. The lowest BCUT2D eigenvalue weighted by Crippen LogP contribution is -2.89. The standard InChI is InChI=1S/C40H66/c1-24-13-16-27-20-37(24,32(27,4)5)31-19-30-23-40(35(30,10)11,39-22-29(34(39,8)9)18-15-26(39)3)36(31,12)38-21-28(33(38,6)7)17-14-25(38)2/h24-31H,13-23H2,1-12H3. The van der Waals surface area contributed by atoms with Crippen LogP contribution in [0.25, 0.3) is 0 Å². The molecule has 8 bridgehead atoms. The second kappa shape index (κ2) is 7.11. The summed E-state index contributed by atoms with van der Waals surface area (Å²) < 4.78 is 0. The molecule has 0 saturated heterocycles. The van der Waals surface area contributed by atoms with Crippen LogP contribution in [0.3, 0.4) is 0 Å². The molecule has 13 unspecified atom stereocenters. The van der Waals surface area contributed by atoms with Crippen molar-refractivity contribution in [2.75, 3.05) is 0 Å². The third-order valence-electron chi connectivity index (χ3n) is 20.8. The highest BCUT2D eigenvalue weighted by molar-refractivity contribution is 5.39. The smallest absolute Gasteiger partial charge is 0.0114 e. The minimum atomic E-state index is 0.416. The summed E-state index contributed by atoms with van der Waals surface area (Å²) in [6.45, 7) is 33.8. The predicted octanol–water partition coefficient (Wildman–Crippen LogP) is 11.4. The average Bonchev–Trinajstić information content (AvgIpc) is 2.87. The van der Waals surface area contributed by atoms with Gasteiger partial charge in [-0.25, -0.2) is 0 Å². The second-order valence-corrected chi connectivity index (χ2v) is 20.8. The van der Waals surface area contributed by atoms with Gasteiger partial charge in [0.15, 0.2) is 0 Å². The van der Waals surface area contributed by atoms with Crippen molar-refractivity contribution in [2.24, 2.45) is 96.1 Å². The minimum absolute atomic E-state index is 0.416. The van der Waals surface area contributed by atoms with Crippen molar-refractivity contribution in [3.8, 4) is 0 Å². The zero-order chi connectivity index (χ0) is 28.9. The quantitative estimate of drug-likeness (QED) is 0.330. The molecule has 12 aliphatic carbocycles. The zero-order valence-corrected chi connectivity index (χ0v) is 28.9. The van der Waals surface area contributed by atoms with Gasteiger partial charge in [-0.3, -0.25) is 0 Å². The largest absolute Gasteiger partial charge is 0.0619 e. The van der Waals surface area contributed by atoms with Crippen LogP contribution in [0.15, 0.2) is 0 Å². The van der Waals surface area contributed by atoms with E-state index in [1.54, 1.807) is 32.1 Å². The monoisotopic (exact) mass is 547 g/mol. The van der Waals surface area contributed by atoms with E-state index in [0.717, 1.165) is 47.3 Å². The first-order chi connectivity index (χ1) is 18.4. The fraction of sp³-hybridized carbons (Fsp3) is 1.00. The van der Waals surface area contributed by atoms with Crippen molar-refractivity contribution >= 4 is 0 Å². The molecule has 12 saturated carbocycles. The maximum atomic E-state index is 3.08. The van der Waals surface area contributed by atoms with Gasteiger partial charge in [-0.05, 0) is 167 Å². The molecule has 0 N–H and O–H groups in total. The maximum absolute atomic E-state index is 3.08. The zero-order valence-electron chi connectivity index (χ0n) is 28.9. The number of hydrogen-bond acceptors (Lipinski definition) is 0. The van der Waals surface area contributed by atoms with Crippen molar-refractivity contribution in [2.45, 2.75) is 154 Å².